The van der Waals surface area contributed by atoms with Crippen LogP contribution in [-0.2, 0) is 6.42 Å². The van der Waals surface area contributed by atoms with Crippen LogP contribution in [0.5, 0.6) is 0 Å². The fourth-order valence-corrected chi connectivity index (χ4v) is 1.84. The smallest absolute Gasteiger partial charge is 0.0704 e. The summed E-state index contributed by atoms with van der Waals surface area (Å²) in [6.07, 6.45) is 0.415. The molecule has 0 bridgehead atoms. The number of halogens is 1. The molecule has 1 unspecified atom stereocenters. The lowest BCUT2D eigenvalue weighted by molar-refractivity contribution is 0.164. The molecule has 78 valence electrons. The zero-order valence-electron chi connectivity index (χ0n) is 8.50. The largest absolute Gasteiger partial charge is 0.391 e. The van der Waals surface area contributed by atoms with Gasteiger partial charge >= 0.3 is 0 Å². The Kier molecular flexibility index (Phi) is 4.11. The average Bonchev–Trinajstić information content (AvgIpc) is 2.16. The van der Waals surface area contributed by atoms with Gasteiger partial charge in [0.05, 0.1) is 12.1 Å². The van der Waals surface area contributed by atoms with E-state index in [2.05, 4.69) is 22.9 Å². The highest BCUT2D eigenvalue weighted by Gasteiger charge is 2.15. The molecule has 0 aliphatic carbocycles. The Morgan fingerprint density at radius 1 is 1.50 bits per heavy atom. The van der Waals surface area contributed by atoms with Crippen LogP contribution in [0.1, 0.15) is 31.0 Å². The van der Waals surface area contributed by atoms with Gasteiger partial charge in [0.2, 0.25) is 0 Å². The van der Waals surface area contributed by atoms with Crippen LogP contribution < -0.4 is 5.73 Å². The molecule has 0 spiro atoms. The third kappa shape index (κ3) is 2.56. The van der Waals surface area contributed by atoms with Crippen molar-refractivity contribution in [3.63, 3.8) is 0 Å². The predicted molar refractivity (Wildman–Crippen MR) is 62.1 cm³/mol. The Labute approximate surface area is 93.3 Å². The maximum Gasteiger partial charge on any atom is 0.0704 e. The van der Waals surface area contributed by atoms with Gasteiger partial charge in [-0.15, -0.1) is 0 Å². The second-order valence-corrected chi connectivity index (χ2v) is 4.38. The maximum atomic E-state index is 9.44. The summed E-state index contributed by atoms with van der Waals surface area (Å²) < 4.78 is 1.00. The van der Waals surface area contributed by atoms with Gasteiger partial charge in [-0.1, -0.05) is 28.9 Å². The van der Waals surface area contributed by atoms with Gasteiger partial charge in [-0.05, 0) is 36.6 Å². The number of benzene rings is 1. The van der Waals surface area contributed by atoms with Crippen LogP contribution in [0.4, 0.5) is 0 Å². The second-order valence-electron chi connectivity index (χ2n) is 3.46. The van der Waals surface area contributed by atoms with Crippen LogP contribution in [0.15, 0.2) is 22.7 Å². The van der Waals surface area contributed by atoms with Crippen molar-refractivity contribution in [3.05, 3.63) is 33.8 Å². The normalized spacial score (nSPS) is 15.2. The molecule has 1 aromatic carbocycles. The van der Waals surface area contributed by atoms with Crippen molar-refractivity contribution in [3.8, 4) is 0 Å². The number of aliphatic hydroxyl groups is 1. The Hall–Kier alpha value is -0.380. The molecular formula is C11H16BrNO. The lowest BCUT2D eigenvalue weighted by Gasteiger charge is -2.18. The molecule has 0 fully saturated rings. The van der Waals surface area contributed by atoms with Gasteiger partial charge in [0.25, 0.3) is 0 Å². The molecule has 2 atom stereocenters. The summed E-state index contributed by atoms with van der Waals surface area (Å²) >= 11 is 3.41. The Morgan fingerprint density at radius 3 is 2.64 bits per heavy atom. The highest BCUT2D eigenvalue weighted by atomic mass is 79.9. The van der Waals surface area contributed by atoms with Gasteiger partial charge < -0.3 is 10.8 Å². The van der Waals surface area contributed by atoms with Gasteiger partial charge in [-0.25, -0.2) is 0 Å². The molecule has 3 heteroatoms. The van der Waals surface area contributed by atoms with Crippen molar-refractivity contribution in [2.24, 2.45) is 5.73 Å². The van der Waals surface area contributed by atoms with E-state index in [-0.39, 0.29) is 6.04 Å². The predicted octanol–water partition coefficient (Wildman–Crippen LogP) is 2.39. The third-order valence-corrected chi connectivity index (χ3v) is 2.86. The zero-order chi connectivity index (χ0) is 10.7. The first-order valence-corrected chi connectivity index (χ1v) is 5.57. The first-order chi connectivity index (χ1) is 6.56. The van der Waals surface area contributed by atoms with Crippen molar-refractivity contribution in [1.29, 1.82) is 0 Å². The highest BCUT2D eigenvalue weighted by Crippen LogP contribution is 2.23. The SMILES string of the molecule is CCc1ccc(Br)cc1[C@H](N)C(C)O. The van der Waals surface area contributed by atoms with Crippen molar-refractivity contribution in [2.75, 3.05) is 0 Å². The molecule has 0 radical (unpaired) electrons. The zero-order valence-corrected chi connectivity index (χ0v) is 10.1. The quantitative estimate of drug-likeness (QED) is 0.874. The van der Waals surface area contributed by atoms with Crippen molar-refractivity contribution >= 4 is 15.9 Å². The van der Waals surface area contributed by atoms with Crippen LogP contribution >= 0.6 is 15.9 Å². The van der Waals surface area contributed by atoms with Crippen LogP contribution in [-0.4, -0.2) is 11.2 Å². The highest BCUT2D eigenvalue weighted by molar-refractivity contribution is 9.10. The lowest BCUT2D eigenvalue weighted by atomic mass is 9.96. The van der Waals surface area contributed by atoms with E-state index in [9.17, 15) is 5.11 Å². The van der Waals surface area contributed by atoms with Gasteiger partial charge in [-0.2, -0.15) is 0 Å². The van der Waals surface area contributed by atoms with Gasteiger partial charge in [-0.3, -0.25) is 0 Å². The summed E-state index contributed by atoms with van der Waals surface area (Å²) in [5.41, 5.74) is 8.13. The first-order valence-electron chi connectivity index (χ1n) is 4.78. The number of aryl methyl sites for hydroxylation is 1. The Morgan fingerprint density at radius 2 is 2.14 bits per heavy atom. The molecule has 2 nitrogen and oxygen atoms in total. The van der Waals surface area contributed by atoms with E-state index in [1.165, 1.54) is 5.56 Å². The Bertz CT molecular complexity index is 312. The molecule has 0 amide bonds. The van der Waals surface area contributed by atoms with Gasteiger partial charge in [0.1, 0.15) is 0 Å². The molecular weight excluding hydrogens is 242 g/mol. The molecule has 1 aromatic rings. The fraction of sp³-hybridized carbons (Fsp3) is 0.455. The Balaban J connectivity index is 3.10. The summed E-state index contributed by atoms with van der Waals surface area (Å²) in [7, 11) is 0. The maximum absolute atomic E-state index is 9.44. The van der Waals surface area contributed by atoms with Crippen LogP contribution in [0, 0.1) is 0 Å². The van der Waals surface area contributed by atoms with Crippen molar-refractivity contribution < 1.29 is 5.11 Å². The van der Waals surface area contributed by atoms with Crippen molar-refractivity contribution in [2.45, 2.75) is 32.4 Å². The minimum atomic E-state index is -0.519. The van der Waals surface area contributed by atoms with E-state index in [1.807, 2.05) is 18.2 Å². The third-order valence-electron chi connectivity index (χ3n) is 2.37. The molecule has 3 N–H and O–H groups in total. The molecule has 0 saturated carbocycles. The van der Waals surface area contributed by atoms with Crippen LogP contribution in [0.25, 0.3) is 0 Å². The van der Waals surface area contributed by atoms with Gasteiger partial charge in [0.15, 0.2) is 0 Å². The number of nitrogens with two attached hydrogens (primary N) is 1. The first kappa shape index (κ1) is 11.7. The molecule has 0 aliphatic rings. The molecule has 0 saturated heterocycles. The molecule has 14 heavy (non-hydrogen) atoms. The monoisotopic (exact) mass is 257 g/mol. The number of rotatable bonds is 3. The molecule has 0 heterocycles. The average molecular weight is 258 g/mol. The minimum Gasteiger partial charge on any atom is -0.391 e. The summed E-state index contributed by atoms with van der Waals surface area (Å²) in [6.45, 7) is 3.80. The molecule has 1 rings (SSSR count). The van der Waals surface area contributed by atoms with E-state index in [0.717, 1.165) is 16.5 Å². The second kappa shape index (κ2) is 4.91. The van der Waals surface area contributed by atoms with E-state index in [1.54, 1.807) is 6.92 Å². The molecule has 0 aliphatic heterocycles. The van der Waals surface area contributed by atoms with Crippen LogP contribution in [0.3, 0.4) is 0 Å². The number of hydrogen-bond donors (Lipinski definition) is 2. The van der Waals surface area contributed by atoms with Crippen LogP contribution in [0.2, 0.25) is 0 Å². The van der Waals surface area contributed by atoms with Crippen molar-refractivity contribution in [1.82, 2.24) is 0 Å². The van der Waals surface area contributed by atoms with E-state index in [0.29, 0.717) is 0 Å². The standard InChI is InChI=1S/C11H16BrNO/c1-3-8-4-5-9(12)6-10(8)11(13)7(2)14/h4-7,11,14H,3,13H2,1-2H3/t7?,11-/m1/s1. The summed E-state index contributed by atoms with van der Waals surface area (Å²) in [5.74, 6) is 0. The van der Waals surface area contributed by atoms with E-state index < -0.39 is 6.10 Å². The summed E-state index contributed by atoms with van der Waals surface area (Å²) in [5, 5.41) is 9.44. The topological polar surface area (TPSA) is 46.2 Å². The fourth-order valence-electron chi connectivity index (χ4n) is 1.46. The summed E-state index contributed by atoms with van der Waals surface area (Å²) in [4.78, 5) is 0. The van der Waals surface area contributed by atoms with E-state index >= 15 is 0 Å². The van der Waals surface area contributed by atoms with E-state index in [4.69, 9.17) is 5.73 Å². The van der Waals surface area contributed by atoms with Gasteiger partial charge in [0, 0.05) is 4.47 Å². The number of aliphatic hydroxyl groups excluding tert-OH is 1. The number of hydrogen-bond acceptors (Lipinski definition) is 2. The lowest BCUT2D eigenvalue weighted by Crippen LogP contribution is -2.24. The minimum absolute atomic E-state index is 0.303. The summed E-state index contributed by atoms with van der Waals surface area (Å²) in [6, 6.07) is 5.72. The molecule has 0 aromatic heterocycles.